The summed E-state index contributed by atoms with van der Waals surface area (Å²) >= 11 is 0. The Bertz CT molecular complexity index is 598. The fourth-order valence-electron chi connectivity index (χ4n) is 3.77. The summed E-state index contributed by atoms with van der Waals surface area (Å²) < 4.78 is 16.2. The van der Waals surface area contributed by atoms with Crippen molar-refractivity contribution in [1.29, 1.82) is 0 Å². The van der Waals surface area contributed by atoms with Crippen molar-refractivity contribution in [3.8, 4) is 11.5 Å². The van der Waals surface area contributed by atoms with E-state index in [0.717, 1.165) is 30.5 Å². The highest BCUT2D eigenvalue weighted by atomic mass is 16.7. The Morgan fingerprint density at radius 1 is 1.16 bits per heavy atom. The van der Waals surface area contributed by atoms with Gasteiger partial charge in [-0.3, -0.25) is 4.99 Å². The predicted octanol–water partition coefficient (Wildman–Crippen LogP) is 2.43. The molecule has 0 unspecified atom stereocenters. The number of benzene rings is 1. The van der Waals surface area contributed by atoms with Crippen LogP contribution in [0.2, 0.25) is 0 Å². The van der Waals surface area contributed by atoms with Crippen molar-refractivity contribution in [3.63, 3.8) is 0 Å². The Hall–Kier alpha value is -1.95. The quantitative estimate of drug-likeness (QED) is 0.470. The number of hydrogen-bond acceptors (Lipinski definition) is 4. The average molecular weight is 347 g/mol. The normalized spacial score (nSPS) is 18.9. The molecule has 0 spiro atoms. The first-order chi connectivity index (χ1) is 12.3. The Kier molecular flexibility index (Phi) is 6.02. The van der Waals surface area contributed by atoms with E-state index >= 15 is 0 Å². The molecule has 1 aromatic carbocycles. The molecule has 25 heavy (non-hydrogen) atoms. The molecule has 0 saturated heterocycles. The van der Waals surface area contributed by atoms with E-state index in [4.69, 9.17) is 14.2 Å². The van der Waals surface area contributed by atoms with E-state index in [1.54, 1.807) is 14.2 Å². The van der Waals surface area contributed by atoms with Crippen LogP contribution in [0, 0.1) is 0 Å². The van der Waals surface area contributed by atoms with Crippen LogP contribution in [0.3, 0.4) is 0 Å². The lowest BCUT2D eigenvalue weighted by atomic mass is 9.69. The van der Waals surface area contributed by atoms with Gasteiger partial charge in [0.15, 0.2) is 17.5 Å². The molecule has 0 radical (unpaired) electrons. The SMILES string of the molecule is CN=C(NCCOC)NCC1(c2ccc3c(c2)OCO3)CCCCC1. The molecule has 1 aromatic rings. The fraction of sp³-hybridized carbons (Fsp3) is 0.632. The van der Waals surface area contributed by atoms with Crippen molar-refractivity contribution in [1.82, 2.24) is 10.6 Å². The van der Waals surface area contributed by atoms with Crippen LogP contribution in [0.5, 0.6) is 11.5 Å². The molecule has 0 bridgehead atoms. The van der Waals surface area contributed by atoms with Crippen molar-refractivity contribution in [2.24, 2.45) is 4.99 Å². The second kappa shape index (κ2) is 8.43. The molecule has 6 heteroatoms. The third-order valence-electron chi connectivity index (χ3n) is 5.21. The van der Waals surface area contributed by atoms with Crippen LogP contribution in [-0.4, -0.2) is 46.6 Å². The fourth-order valence-corrected chi connectivity index (χ4v) is 3.77. The van der Waals surface area contributed by atoms with Crippen molar-refractivity contribution < 1.29 is 14.2 Å². The molecule has 0 aromatic heterocycles. The summed E-state index contributed by atoms with van der Waals surface area (Å²) in [5, 5.41) is 6.81. The van der Waals surface area contributed by atoms with Gasteiger partial charge in [0, 0.05) is 32.7 Å². The molecule has 1 heterocycles. The lowest BCUT2D eigenvalue weighted by Crippen LogP contribution is -2.47. The number of fused-ring (bicyclic) bond motifs is 1. The monoisotopic (exact) mass is 347 g/mol. The van der Waals surface area contributed by atoms with E-state index < -0.39 is 0 Å². The third kappa shape index (κ3) is 4.18. The van der Waals surface area contributed by atoms with E-state index in [0.29, 0.717) is 13.4 Å². The van der Waals surface area contributed by atoms with Crippen LogP contribution in [0.15, 0.2) is 23.2 Å². The highest BCUT2D eigenvalue weighted by Gasteiger charge is 2.35. The molecular weight excluding hydrogens is 318 g/mol. The van der Waals surface area contributed by atoms with Gasteiger partial charge >= 0.3 is 0 Å². The van der Waals surface area contributed by atoms with E-state index in [9.17, 15) is 0 Å². The minimum absolute atomic E-state index is 0.109. The molecule has 1 aliphatic heterocycles. The van der Waals surface area contributed by atoms with Gasteiger partial charge in [0.05, 0.1) is 6.61 Å². The summed E-state index contributed by atoms with van der Waals surface area (Å²) in [7, 11) is 3.50. The lowest BCUT2D eigenvalue weighted by Gasteiger charge is -2.38. The zero-order chi connectivity index (χ0) is 17.5. The first-order valence-electron chi connectivity index (χ1n) is 9.11. The molecule has 1 fully saturated rings. The van der Waals surface area contributed by atoms with Crippen molar-refractivity contribution >= 4 is 5.96 Å². The van der Waals surface area contributed by atoms with Crippen molar-refractivity contribution in [2.75, 3.05) is 40.6 Å². The van der Waals surface area contributed by atoms with E-state index in [1.807, 2.05) is 6.07 Å². The predicted molar refractivity (Wildman–Crippen MR) is 98.6 cm³/mol. The van der Waals surface area contributed by atoms with E-state index in [-0.39, 0.29) is 5.41 Å². The van der Waals surface area contributed by atoms with Gasteiger partial charge in [0.1, 0.15) is 0 Å². The van der Waals surface area contributed by atoms with Crippen LogP contribution in [0.4, 0.5) is 0 Å². The summed E-state index contributed by atoms with van der Waals surface area (Å²) in [5.41, 5.74) is 1.44. The Balaban J connectivity index is 1.72. The van der Waals surface area contributed by atoms with Crippen LogP contribution >= 0.6 is 0 Å². The zero-order valence-corrected chi connectivity index (χ0v) is 15.3. The number of ether oxygens (including phenoxy) is 3. The summed E-state index contributed by atoms with van der Waals surface area (Å²) in [6.45, 7) is 2.58. The first kappa shape index (κ1) is 17.9. The molecule has 0 atom stereocenters. The summed E-state index contributed by atoms with van der Waals surface area (Å²) in [5.74, 6) is 2.53. The first-order valence-corrected chi connectivity index (χ1v) is 9.11. The molecule has 3 rings (SSSR count). The summed E-state index contributed by atoms with van der Waals surface area (Å²) in [6.07, 6.45) is 6.17. The number of hydrogen-bond donors (Lipinski definition) is 2. The van der Waals surface area contributed by atoms with Gasteiger partial charge in [-0.25, -0.2) is 0 Å². The Morgan fingerprint density at radius 3 is 2.72 bits per heavy atom. The van der Waals surface area contributed by atoms with Gasteiger partial charge in [-0.05, 0) is 30.5 Å². The highest BCUT2D eigenvalue weighted by Crippen LogP contribution is 2.43. The molecule has 1 aliphatic carbocycles. The van der Waals surface area contributed by atoms with Gasteiger partial charge in [-0.2, -0.15) is 0 Å². The third-order valence-corrected chi connectivity index (χ3v) is 5.21. The maximum Gasteiger partial charge on any atom is 0.231 e. The van der Waals surface area contributed by atoms with Gasteiger partial charge in [-0.15, -0.1) is 0 Å². The average Bonchev–Trinajstić information content (AvgIpc) is 3.13. The van der Waals surface area contributed by atoms with Gasteiger partial charge in [0.25, 0.3) is 0 Å². The summed E-state index contributed by atoms with van der Waals surface area (Å²) in [4.78, 5) is 4.32. The number of rotatable bonds is 6. The molecule has 6 nitrogen and oxygen atoms in total. The number of methoxy groups -OCH3 is 1. The van der Waals surface area contributed by atoms with E-state index in [2.05, 4.69) is 27.8 Å². The number of nitrogens with zero attached hydrogens (tertiary/aromatic N) is 1. The maximum absolute atomic E-state index is 5.59. The lowest BCUT2D eigenvalue weighted by molar-refractivity contribution is 0.174. The zero-order valence-electron chi connectivity index (χ0n) is 15.3. The molecular formula is C19H29N3O3. The number of aliphatic imine (C=N–C) groups is 1. The van der Waals surface area contributed by atoms with Crippen LogP contribution in [0.1, 0.15) is 37.7 Å². The largest absolute Gasteiger partial charge is 0.454 e. The number of guanidine groups is 1. The van der Waals surface area contributed by atoms with Gasteiger partial charge < -0.3 is 24.8 Å². The minimum atomic E-state index is 0.109. The van der Waals surface area contributed by atoms with Crippen LogP contribution in [-0.2, 0) is 10.2 Å². The molecule has 1 saturated carbocycles. The highest BCUT2D eigenvalue weighted by molar-refractivity contribution is 5.79. The van der Waals surface area contributed by atoms with Crippen molar-refractivity contribution in [2.45, 2.75) is 37.5 Å². The van der Waals surface area contributed by atoms with Gasteiger partial charge in [-0.1, -0.05) is 25.3 Å². The maximum atomic E-state index is 5.59. The number of nitrogens with one attached hydrogen (secondary N) is 2. The summed E-state index contributed by atoms with van der Waals surface area (Å²) in [6, 6.07) is 6.40. The van der Waals surface area contributed by atoms with E-state index in [1.165, 1.54) is 37.7 Å². The second-order valence-electron chi connectivity index (χ2n) is 6.75. The second-order valence-corrected chi connectivity index (χ2v) is 6.75. The van der Waals surface area contributed by atoms with Crippen LogP contribution in [0.25, 0.3) is 0 Å². The van der Waals surface area contributed by atoms with Gasteiger partial charge in [0.2, 0.25) is 6.79 Å². The Labute approximate surface area is 149 Å². The van der Waals surface area contributed by atoms with Crippen molar-refractivity contribution in [3.05, 3.63) is 23.8 Å². The minimum Gasteiger partial charge on any atom is -0.454 e. The Morgan fingerprint density at radius 2 is 1.96 bits per heavy atom. The topological polar surface area (TPSA) is 64.1 Å². The standard InChI is InChI=1S/C19H29N3O3/c1-20-18(21-10-11-23-2)22-13-19(8-4-3-5-9-19)15-6-7-16-17(12-15)25-14-24-16/h6-7,12H,3-5,8-11,13-14H2,1-2H3,(H2,20,21,22). The molecule has 2 N–H and O–H groups in total. The molecule has 138 valence electrons. The smallest absolute Gasteiger partial charge is 0.231 e. The molecule has 0 amide bonds. The molecule has 2 aliphatic rings. The van der Waals surface area contributed by atoms with Crippen LogP contribution < -0.4 is 20.1 Å².